The number of hydrogen-bond donors (Lipinski definition) is 0. The van der Waals surface area contributed by atoms with Gasteiger partial charge in [-0.25, -0.2) is 0 Å². The molecule has 0 N–H and O–H groups in total. The zero-order valence-electron chi connectivity index (χ0n) is 16.3. The van der Waals surface area contributed by atoms with Gasteiger partial charge in [0.2, 0.25) is 0 Å². The zero-order chi connectivity index (χ0) is 19.4. The Hall–Kier alpha value is -1.73. The fraction of sp³-hybridized carbons (Fsp3) is 0.0769. The Labute approximate surface area is 193 Å². The molecule has 0 bridgehead atoms. The van der Waals surface area contributed by atoms with Crippen molar-refractivity contribution in [3.8, 4) is 0 Å². The van der Waals surface area contributed by atoms with Crippen molar-refractivity contribution in [2.24, 2.45) is 0 Å². The number of aryl methyl sites for hydroxylation is 1. The van der Waals surface area contributed by atoms with E-state index in [1.54, 1.807) is 0 Å². The highest BCUT2D eigenvalue weighted by atomic mass is 79.9. The molecule has 0 unspecified atom stereocenters. The van der Waals surface area contributed by atoms with Gasteiger partial charge in [-0.05, 0) is 49.4 Å². The molecule has 29 heavy (non-hydrogen) atoms. The molecular formula is C26H23Br2P. The summed E-state index contributed by atoms with van der Waals surface area (Å²) in [6.07, 6.45) is 0.993. The van der Waals surface area contributed by atoms with Crippen molar-refractivity contribution < 1.29 is 17.0 Å². The van der Waals surface area contributed by atoms with Crippen LogP contribution in [0.15, 0.2) is 114 Å². The van der Waals surface area contributed by atoms with E-state index in [2.05, 4.69) is 132 Å². The SMILES string of the molecule is Cc1ccc(Br)c(C[P+](c2ccccc2)(c2ccccc2)c2ccccc2)c1.[Br-]. The van der Waals surface area contributed by atoms with E-state index in [9.17, 15) is 0 Å². The maximum atomic E-state index is 3.82. The van der Waals surface area contributed by atoms with Crippen molar-refractivity contribution in [3.63, 3.8) is 0 Å². The van der Waals surface area contributed by atoms with Crippen LogP contribution in [0.5, 0.6) is 0 Å². The topological polar surface area (TPSA) is 0 Å². The lowest BCUT2D eigenvalue weighted by molar-refractivity contribution is -0.00000541. The van der Waals surface area contributed by atoms with Gasteiger partial charge in [-0.3, -0.25) is 0 Å². The predicted molar refractivity (Wildman–Crippen MR) is 128 cm³/mol. The number of benzene rings is 4. The highest BCUT2D eigenvalue weighted by Crippen LogP contribution is 2.58. The molecule has 146 valence electrons. The van der Waals surface area contributed by atoms with Gasteiger partial charge in [0.25, 0.3) is 0 Å². The third kappa shape index (κ3) is 4.56. The van der Waals surface area contributed by atoms with E-state index in [4.69, 9.17) is 0 Å². The fourth-order valence-corrected chi connectivity index (χ4v) is 8.71. The summed E-state index contributed by atoms with van der Waals surface area (Å²) >= 11 is 3.82. The van der Waals surface area contributed by atoms with Crippen molar-refractivity contribution in [1.29, 1.82) is 0 Å². The second-order valence-electron chi connectivity index (χ2n) is 7.07. The van der Waals surface area contributed by atoms with Gasteiger partial charge in [0.1, 0.15) is 23.2 Å². The van der Waals surface area contributed by atoms with Gasteiger partial charge in [-0.1, -0.05) is 88.2 Å². The van der Waals surface area contributed by atoms with E-state index in [1.165, 1.54) is 31.5 Å². The molecule has 0 heterocycles. The molecule has 0 saturated carbocycles. The summed E-state index contributed by atoms with van der Waals surface area (Å²) in [4.78, 5) is 0. The van der Waals surface area contributed by atoms with Crippen molar-refractivity contribution in [1.82, 2.24) is 0 Å². The minimum absolute atomic E-state index is 0. The molecule has 3 heteroatoms. The Morgan fingerprint density at radius 1 is 0.621 bits per heavy atom. The van der Waals surface area contributed by atoms with E-state index in [0.717, 1.165) is 6.16 Å². The number of halogens is 2. The van der Waals surface area contributed by atoms with Crippen molar-refractivity contribution in [3.05, 3.63) is 125 Å². The summed E-state index contributed by atoms with van der Waals surface area (Å²) < 4.78 is 1.19. The summed E-state index contributed by atoms with van der Waals surface area (Å²) in [6, 6.07) is 39.8. The second-order valence-corrected chi connectivity index (χ2v) is 11.4. The minimum atomic E-state index is -1.85. The van der Waals surface area contributed by atoms with Crippen LogP contribution in [-0.4, -0.2) is 0 Å². The van der Waals surface area contributed by atoms with E-state index in [1.807, 2.05) is 0 Å². The lowest BCUT2D eigenvalue weighted by Crippen LogP contribution is -3.00. The standard InChI is InChI=1S/C26H23BrP.BrH/c1-21-17-18-26(27)22(19-21)20-28(23-11-5-2-6-12-23,24-13-7-3-8-14-24)25-15-9-4-10-16-25;/h2-19H,20H2,1H3;1H/q+1;/p-1. The van der Waals surface area contributed by atoms with Crippen LogP contribution in [0.25, 0.3) is 0 Å². The molecule has 0 aliphatic rings. The van der Waals surface area contributed by atoms with Crippen molar-refractivity contribution in [2.75, 3.05) is 0 Å². The van der Waals surface area contributed by atoms with Gasteiger partial charge in [0.15, 0.2) is 0 Å². The summed E-state index contributed by atoms with van der Waals surface area (Å²) in [7, 11) is -1.85. The van der Waals surface area contributed by atoms with E-state index in [-0.39, 0.29) is 17.0 Å². The second kappa shape index (κ2) is 9.85. The van der Waals surface area contributed by atoms with Crippen LogP contribution in [0.4, 0.5) is 0 Å². The maximum absolute atomic E-state index is 3.82. The molecule has 0 atom stereocenters. The van der Waals surface area contributed by atoms with E-state index < -0.39 is 7.26 Å². The first-order chi connectivity index (χ1) is 13.7. The first-order valence-corrected chi connectivity index (χ1v) is 12.3. The quantitative estimate of drug-likeness (QED) is 0.351. The Bertz CT molecular complexity index is 951. The molecule has 0 aliphatic heterocycles. The van der Waals surface area contributed by atoms with Crippen LogP contribution >= 0.6 is 23.2 Å². The predicted octanol–water partition coefficient (Wildman–Crippen LogP) is 3.26. The highest BCUT2D eigenvalue weighted by molar-refractivity contribution is 9.10. The van der Waals surface area contributed by atoms with Gasteiger partial charge >= 0.3 is 0 Å². The molecule has 0 amide bonds. The Morgan fingerprint density at radius 3 is 1.45 bits per heavy atom. The van der Waals surface area contributed by atoms with Crippen molar-refractivity contribution in [2.45, 2.75) is 13.1 Å². The van der Waals surface area contributed by atoms with Gasteiger partial charge in [-0.2, -0.15) is 0 Å². The summed E-state index contributed by atoms with van der Waals surface area (Å²) in [5, 5.41) is 4.25. The van der Waals surface area contributed by atoms with Gasteiger partial charge < -0.3 is 17.0 Å². The Morgan fingerprint density at radius 2 is 1.03 bits per heavy atom. The first kappa shape index (κ1) is 22.0. The lowest BCUT2D eigenvalue weighted by Gasteiger charge is -2.28. The lowest BCUT2D eigenvalue weighted by atomic mass is 10.2. The average molecular weight is 526 g/mol. The van der Waals surface area contributed by atoms with Gasteiger partial charge in [0, 0.05) is 10.0 Å². The summed E-state index contributed by atoms with van der Waals surface area (Å²) in [5.74, 6) is 0. The van der Waals surface area contributed by atoms with Crippen LogP contribution in [0.2, 0.25) is 0 Å². The molecule has 0 aliphatic carbocycles. The number of hydrogen-bond acceptors (Lipinski definition) is 0. The molecule has 0 saturated heterocycles. The molecule has 0 aromatic heterocycles. The summed E-state index contributed by atoms with van der Waals surface area (Å²) in [6.45, 7) is 2.17. The molecule has 4 aromatic carbocycles. The Balaban J connectivity index is 0.00000240. The van der Waals surface area contributed by atoms with Gasteiger partial charge in [-0.15, -0.1) is 0 Å². The average Bonchev–Trinajstić information content (AvgIpc) is 2.76. The zero-order valence-corrected chi connectivity index (χ0v) is 20.4. The molecule has 4 aromatic rings. The van der Waals surface area contributed by atoms with Gasteiger partial charge in [0.05, 0.1) is 6.16 Å². The third-order valence-corrected chi connectivity index (χ3v) is 10.3. The van der Waals surface area contributed by atoms with Crippen LogP contribution in [0.1, 0.15) is 11.1 Å². The first-order valence-electron chi connectivity index (χ1n) is 9.50. The molecule has 0 fully saturated rings. The number of rotatable bonds is 5. The van der Waals surface area contributed by atoms with Crippen LogP contribution in [0.3, 0.4) is 0 Å². The van der Waals surface area contributed by atoms with Crippen molar-refractivity contribution >= 4 is 39.1 Å². The smallest absolute Gasteiger partial charge is 0.116 e. The van der Waals surface area contributed by atoms with E-state index >= 15 is 0 Å². The molecule has 4 rings (SSSR count). The minimum Gasteiger partial charge on any atom is -1.00 e. The molecule has 0 nitrogen and oxygen atoms in total. The molecular weight excluding hydrogens is 503 g/mol. The van der Waals surface area contributed by atoms with Crippen LogP contribution in [0, 0.1) is 6.92 Å². The molecule has 0 spiro atoms. The van der Waals surface area contributed by atoms with Crippen LogP contribution in [-0.2, 0) is 6.16 Å². The monoisotopic (exact) mass is 524 g/mol. The largest absolute Gasteiger partial charge is 1.00 e. The molecule has 0 radical (unpaired) electrons. The highest BCUT2D eigenvalue weighted by Gasteiger charge is 2.45. The van der Waals surface area contributed by atoms with E-state index in [0.29, 0.717) is 0 Å². The fourth-order valence-electron chi connectivity index (χ4n) is 3.85. The Kier molecular flexibility index (Phi) is 7.46. The van der Waals surface area contributed by atoms with Crippen LogP contribution < -0.4 is 32.9 Å². The summed E-state index contributed by atoms with van der Waals surface area (Å²) in [5.41, 5.74) is 2.66. The maximum Gasteiger partial charge on any atom is 0.116 e. The third-order valence-electron chi connectivity index (χ3n) is 5.20. The normalized spacial score (nSPS) is 11.0.